The summed E-state index contributed by atoms with van der Waals surface area (Å²) in [7, 11) is 0. The molecule has 2 heterocycles. The molecule has 0 saturated heterocycles. The van der Waals surface area contributed by atoms with Crippen LogP contribution in [0, 0.1) is 6.92 Å². The zero-order chi connectivity index (χ0) is 13.1. The van der Waals surface area contributed by atoms with Crippen molar-refractivity contribution in [3.63, 3.8) is 0 Å². The number of allylic oxidation sites excluding steroid dienone is 1. The largest absolute Gasteiger partial charge is 0.258 e. The number of benzene rings is 1. The van der Waals surface area contributed by atoms with Gasteiger partial charge in [-0.2, -0.15) is 0 Å². The molecule has 4 heteroatoms. The Hall–Kier alpha value is -2.36. The quantitative estimate of drug-likeness (QED) is 0.823. The van der Waals surface area contributed by atoms with Gasteiger partial charge in [-0.3, -0.25) is 4.99 Å². The smallest absolute Gasteiger partial charge is 0.181 e. The monoisotopic (exact) mass is 250 g/mol. The Labute approximate surface area is 112 Å². The van der Waals surface area contributed by atoms with Gasteiger partial charge in [-0.25, -0.2) is 15.0 Å². The highest BCUT2D eigenvalue weighted by atomic mass is 15.0. The molecule has 1 aliphatic heterocycles. The number of hydrogen-bond donors (Lipinski definition) is 0. The topological polar surface area (TPSA) is 51.0 Å². The van der Waals surface area contributed by atoms with Gasteiger partial charge < -0.3 is 0 Å². The lowest BCUT2D eigenvalue weighted by Crippen LogP contribution is -2.03. The molecule has 0 N–H and O–H groups in total. The molecule has 0 atom stereocenters. The van der Waals surface area contributed by atoms with Crippen molar-refractivity contribution in [1.82, 2.24) is 15.0 Å². The normalized spacial score (nSPS) is 14.3. The lowest BCUT2D eigenvalue weighted by molar-refractivity contribution is 0.949. The third-order valence-corrected chi connectivity index (χ3v) is 2.87. The van der Waals surface area contributed by atoms with Gasteiger partial charge in [0.25, 0.3) is 0 Å². The molecule has 0 radical (unpaired) electrons. The van der Waals surface area contributed by atoms with Crippen molar-refractivity contribution in [3.8, 4) is 11.4 Å². The van der Waals surface area contributed by atoms with Crippen molar-refractivity contribution in [2.45, 2.75) is 19.8 Å². The van der Waals surface area contributed by atoms with Crippen LogP contribution < -0.4 is 0 Å². The van der Waals surface area contributed by atoms with Gasteiger partial charge in [-0.05, 0) is 19.8 Å². The van der Waals surface area contributed by atoms with E-state index < -0.39 is 0 Å². The molecule has 19 heavy (non-hydrogen) atoms. The van der Waals surface area contributed by atoms with E-state index in [1.54, 1.807) is 0 Å². The van der Waals surface area contributed by atoms with Crippen LogP contribution in [-0.4, -0.2) is 21.2 Å². The van der Waals surface area contributed by atoms with Gasteiger partial charge in [0.05, 0.1) is 0 Å². The SMILES string of the molecule is Cc1nc(C2=CCCC=N2)nc(-c2ccccc2)n1. The van der Waals surface area contributed by atoms with E-state index in [9.17, 15) is 0 Å². The van der Waals surface area contributed by atoms with Crippen LogP contribution in [0.25, 0.3) is 17.1 Å². The predicted octanol–water partition coefficient (Wildman–Crippen LogP) is 3.05. The van der Waals surface area contributed by atoms with Crippen LogP contribution in [0.1, 0.15) is 24.5 Å². The van der Waals surface area contributed by atoms with Crippen LogP contribution >= 0.6 is 0 Å². The molecular weight excluding hydrogens is 236 g/mol. The Balaban J connectivity index is 2.06. The lowest BCUT2D eigenvalue weighted by Gasteiger charge is -2.07. The third-order valence-electron chi connectivity index (χ3n) is 2.87. The summed E-state index contributed by atoms with van der Waals surface area (Å²) in [6, 6.07) is 9.93. The van der Waals surface area contributed by atoms with Crippen LogP contribution in [0.3, 0.4) is 0 Å². The number of aliphatic imine (C=N–C) groups is 1. The molecule has 0 amide bonds. The Morgan fingerprint density at radius 3 is 2.42 bits per heavy atom. The maximum Gasteiger partial charge on any atom is 0.181 e. The van der Waals surface area contributed by atoms with E-state index >= 15 is 0 Å². The van der Waals surface area contributed by atoms with E-state index in [1.165, 1.54) is 0 Å². The summed E-state index contributed by atoms with van der Waals surface area (Å²) in [6.07, 6.45) is 5.96. The zero-order valence-electron chi connectivity index (χ0n) is 10.7. The van der Waals surface area contributed by atoms with Gasteiger partial charge in [0.15, 0.2) is 11.6 Å². The van der Waals surface area contributed by atoms with Crippen molar-refractivity contribution in [1.29, 1.82) is 0 Å². The maximum absolute atomic E-state index is 4.52. The minimum Gasteiger partial charge on any atom is -0.258 e. The van der Waals surface area contributed by atoms with Crippen LogP contribution in [0.5, 0.6) is 0 Å². The molecule has 1 aromatic heterocycles. The molecule has 0 unspecified atom stereocenters. The number of aryl methyl sites for hydroxylation is 1. The van der Waals surface area contributed by atoms with E-state index in [4.69, 9.17) is 0 Å². The standard InChI is InChI=1S/C15H14N4/c1-11-17-14(12-7-3-2-4-8-12)19-15(18-11)13-9-5-6-10-16-13/h2-4,7-10H,5-6H2,1H3. The summed E-state index contributed by atoms with van der Waals surface area (Å²) in [5, 5.41) is 0. The van der Waals surface area contributed by atoms with Gasteiger partial charge in [0, 0.05) is 11.8 Å². The van der Waals surface area contributed by atoms with Crippen molar-refractivity contribution in [2.24, 2.45) is 4.99 Å². The fraction of sp³-hybridized carbons (Fsp3) is 0.200. The fourth-order valence-electron chi connectivity index (χ4n) is 1.97. The van der Waals surface area contributed by atoms with Crippen molar-refractivity contribution in [3.05, 3.63) is 48.1 Å². The van der Waals surface area contributed by atoms with Crippen LogP contribution in [0.2, 0.25) is 0 Å². The fourth-order valence-corrected chi connectivity index (χ4v) is 1.97. The second-order valence-electron chi connectivity index (χ2n) is 4.37. The zero-order valence-corrected chi connectivity index (χ0v) is 10.7. The molecule has 4 nitrogen and oxygen atoms in total. The van der Waals surface area contributed by atoms with Crippen molar-refractivity contribution >= 4 is 11.9 Å². The Kier molecular flexibility index (Phi) is 3.14. The van der Waals surface area contributed by atoms with E-state index in [0.717, 1.165) is 24.1 Å². The van der Waals surface area contributed by atoms with Gasteiger partial charge in [0.1, 0.15) is 11.5 Å². The molecule has 0 spiro atoms. The molecule has 3 rings (SSSR count). The van der Waals surface area contributed by atoms with E-state index in [2.05, 4.69) is 26.0 Å². The molecule has 2 aromatic rings. The van der Waals surface area contributed by atoms with Crippen LogP contribution in [0.15, 0.2) is 41.4 Å². The Morgan fingerprint density at radius 2 is 1.68 bits per heavy atom. The molecule has 0 fully saturated rings. The number of rotatable bonds is 2. The summed E-state index contributed by atoms with van der Waals surface area (Å²) < 4.78 is 0. The second kappa shape index (κ2) is 5.10. The summed E-state index contributed by atoms with van der Waals surface area (Å²) >= 11 is 0. The van der Waals surface area contributed by atoms with E-state index in [0.29, 0.717) is 17.5 Å². The number of aromatic nitrogens is 3. The van der Waals surface area contributed by atoms with Crippen LogP contribution in [0.4, 0.5) is 0 Å². The molecule has 94 valence electrons. The van der Waals surface area contributed by atoms with Gasteiger partial charge in [-0.15, -0.1) is 0 Å². The highest BCUT2D eigenvalue weighted by molar-refractivity contribution is 5.74. The van der Waals surface area contributed by atoms with Gasteiger partial charge in [-0.1, -0.05) is 36.4 Å². The number of nitrogens with zero attached hydrogens (tertiary/aromatic N) is 4. The Morgan fingerprint density at radius 1 is 0.895 bits per heavy atom. The minimum absolute atomic E-state index is 0.655. The highest BCUT2D eigenvalue weighted by Gasteiger charge is 2.10. The predicted molar refractivity (Wildman–Crippen MR) is 75.7 cm³/mol. The Bertz CT molecular complexity index is 644. The van der Waals surface area contributed by atoms with Gasteiger partial charge in [0.2, 0.25) is 0 Å². The molecule has 0 bridgehead atoms. The average molecular weight is 250 g/mol. The summed E-state index contributed by atoms with van der Waals surface area (Å²) in [5.41, 5.74) is 1.84. The van der Waals surface area contributed by atoms with Crippen molar-refractivity contribution in [2.75, 3.05) is 0 Å². The first-order valence-corrected chi connectivity index (χ1v) is 6.34. The van der Waals surface area contributed by atoms with E-state index in [1.807, 2.05) is 43.5 Å². The molecular formula is C15H14N4. The first-order valence-electron chi connectivity index (χ1n) is 6.34. The average Bonchev–Trinajstić information content (AvgIpc) is 2.48. The molecule has 1 aliphatic rings. The minimum atomic E-state index is 0.655. The third kappa shape index (κ3) is 2.57. The molecule has 0 aliphatic carbocycles. The molecule has 1 aromatic carbocycles. The first kappa shape index (κ1) is 11.7. The summed E-state index contributed by atoms with van der Waals surface area (Å²) in [5.74, 6) is 2.07. The highest BCUT2D eigenvalue weighted by Crippen LogP contribution is 2.20. The van der Waals surface area contributed by atoms with E-state index in [-0.39, 0.29) is 0 Å². The maximum atomic E-state index is 4.52. The van der Waals surface area contributed by atoms with Crippen molar-refractivity contribution < 1.29 is 0 Å². The molecule has 0 saturated carbocycles. The second-order valence-corrected chi connectivity index (χ2v) is 4.37. The summed E-state index contributed by atoms with van der Waals surface area (Å²) in [4.78, 5) is 17.7. The number of hydrogen-bond acceptors (Lipinski definition) is 4. The van der Waals surface area contributed by atoms with Crippen LogP contribution in [-0.2, 0) is 0 Å². The summed E-state index contributed by atoms with van der Waals surface area (Å²) in [6.45, 7) is 1.88. The lowest BCUT2D eigenvalue weighted by atomic mass is 10.2. The van der Waals surface area contributed by atoms with Gasteiger partial charge >= 0.3 is 0 Å². The first-order chi connectivity index (χ1) is 9.33.